The van der Waals surface area contributed by atoms with Gasteiger partial charge in [0.05, 0.1) is 12.0 Å². The Morgan fingerprint density at radius 2 is 2.15 bits per heavy atom. The van der Waals surface area contributed by atoms with Crippen LogP contribution in [-0.4, -0.2) is 24.0 Å². The lowest BCUT2D eigenvalue weighted by Crippen LogP contribution is -2.35. The van der Waals surface area contributed by atoms with Crippen LogP contribution in [0.2, 0.25) is 0 Å². The van der Waals surface area contributed by atoms with Crippen LogP contribution in [0.15, 0.2) is 18.2 Å². The van der Waals surface area contributed by atoms with Crippen LogP contribution in [0.3, 0.4) is 0 Å². The number of nitrogens with one attached hydrogen (secondary N) is 1. The van der Waals surface area contributed by atoms with Crippen molar-refractivity contribution in [3.63, 3.8) is 0 Å². The first-order chi connectivity index (χ1) is 9.40. The summed E-state index contributed by atoms with van der Waals surface area (Å²) in [4.78, 5) is 21.9. The van der Waals surface area contributed by atoms with E-state index in [9.17, 15) is 14.9 Å². The molecule has 7 heteroatoms. The van der Waals surface area contributed by atoms with Gasteiger partial charge in [0.2, 0.25) is 0 Å². The van der Waals surface area contributed by atoms with Gasteiger partial charge in [0.15, 0.2) is 0 Å². The summed E-state index contributed by atoms with van der Waals surface area (Å²) in [7, 11) is 1.28. The summed E-state index contributed by atoms with van der Waals surface area (Å²) in [5.74, 6) is -0.510. The van der Waals surface area contributed by atoms with Gasteiger partial charge in [0, 0.05) is 11.8 Å². The fourth-order valence-electron chi connectivity index (χ4n) is 1.67. The van der Waals surface area contributed by atoms with Crippen molar-refractivity contribution < 1.29 is 14.5 Å². The van der Waals surface area contributed by atoms with Gasteiger partial charge in [-0.25, -0.2) is 4.79 Å². The Morgan fingerprint density at radius 1 is 1.50 bits per heavy atom. The number of methoxy groups -OCH3 is 1. The third-order valence-corrected chi connectivity index (χ3v) is 2.76. The maximum Gasteiger partial charge on any atom is 0.328 e. The van der Waals surface area contributed by atoms with Gasteiger partial charge in [-0.15, -0.1) is 0 Å². The number of rotatable bonds is 5. The van der Waals surface area contributed by atoms with Gasteiger partial charge in [0.25, 0.3) is 5.69 Å². The molecule has 0 heterocycles. The van der Waals surface area contributed by atoms with Crippen LogP contribution in [0.25, 0.3) is 0 Å². The molecule has 1 unspecified atom stereocenters. The van der Waals surface area contributed by atoms with E-state index in [1.54, 1.807) is 6.07 Å². The first-order valence-electron chi connectivity index (χ1n) is 5.93. The topological polar surface area (TPSA) is 105 Å². The minimum atomic E-state index is -0.633. The maximum atomic E-state index is 11.6. The summed E-state index contributed by atoms with van der Waals surface area (Å²) >= 11 is 0. The Labute approximate surface area is 116 Å². The van der Waals surface area contributed by atoms with E-state index < -0.39 is 16.9 Å². The Balaban J connectivity index is 3.09. The Morgan fingerprint density at radius 3 is 2.60 bits per heavy atom. The molecule has 1 aromatic carbocycles. The average molecular weight is 277 g/mol. The Hall–Kier alpha value is -2.62. The molecular formula is C13H15N3O4. The summed E-state index contributed by atoms with van der Waals surface area (Å²) in [5, 5.41) is 22.6. The first kappa shape index (κ1) is 15.4. The highest BCUT2D eigenvalue weighted by atomic mass is 16.6. The van der Waals surface area contributed by atoms with Crippen molar-refractivity contribution in [3.8, 4) is 6.07 Å². The Kier molecular flexibility index (Phi) is 5.03. The van der Waals surface area contributed by atoms with Crippen LogP contribution in [0, 0.1) is 27.4 Å². The summed E-state index contributed by atoms with van der Waals surface area (Å²) in [6, 6.07) is 5.23. The summed E-state index contributed by atoms with van der Waals surface area (Å²) in [6.45, 7) is 3.65. The van der Waals surface area contributed by atoms with E-state index in [0.717, 1.165) is 0 Å². The second-order valence-electron chi connectivity index (χ2n) is 4.49. The molecule has 0 aromatic heterocycles. The lowest BCUT2D eigenvalue weighted by molar-refractivity contribution is -0.385. The zero-order valence-electron chi connectivity index (χ0n) is 11.4. The molecule has 0 aliphatic carbocycles. The quantitative estimate of drug-likeness (QED) is 0.501. The molecule has 0 amide bonds. The lowest BCUT2D eigenvalue weighted by atomic mass is 10.0. The highest BCUT2D eigenvalue weighted by Crippen LogP contribution is 2.24. The monoisotopic (exact) mass is 277 g/mol. The third-order valence-electron chi connectivity index (χ3n) is 2.76. The maximum absolute atomic E-state index is 11.6. The first-order valence-corrected chi connectivity index (χ1v) is 5.93. The van der Waals surface area contributed by atoms with Crippen molar-refractivity contribution in [2.75, 3.05) is 12.4 Å². The van der Waals surface area contributed by atoms with Crippen LogP contribution in [0.1, 0.15) is 19.4 Å². The number of hydrogen-bond acceptors (Lipinski definition) is 6. The number of ether oxygens (including phenoxy) is 1. The minimum absolute atomic E-state index is 0.0280. The van der Waals surface area contributed by atoms with Gasteiger partial charge in [-0.2, -0.15) is 5.26 Å². The molecule has 1 atom stereocenters. The number of hydrogen-bond donors (Lipinski definition) is 1. The molecule has 0 bridgehead atoms. The van der Waals surface area contributed by atoms with Crippen molar-refractivity contribution in [2.45, 2.75) is 19.9 Å². The fourth-order valence-corrected chi connectivity index (χ4v) is 1.67. The molecule has 7 nitrogen and oxygen atoms in total. The van der Waals surface area contributed by atoms with Crippen LogP contribution in [-0.2, 0) is 9.53 Å². The summed E-state index contributed by atoms with van der Waals surface area (Å²) < 4.78 is 4.68. The zero-order chi connectivity index (χ0) is 15.3. The number of nitriles is 1. The highest BCUT2D eigenvalue weighted by molar-refractivity contribution is 5.79. The lowest BCUT2D eigenvalue weighted by Gasteiger charge is -2.20. The van der Waals surface area contributed by atoms with Gasteiger partial charge in [-0.1, -0.05) is 13.8 Å². The molecule has 1 aromatic rings. The molecule has 0 saturated carbocycles. The second kappa shape index (κ2) is 6.52. The third kappa shape index (κ3) is 3.45. The Bertz CT molecular complexity index is 563. The predicted octanol–water partition coefficient (Wildman–Crippen LogP) is 2.08. The second-order valence-corrected chi connectivity index (χ2v) is 4.49. The standard InChI is InChI=1S/C13H15N3O4/c1-8(2)12(13(17)20-3)15-10-5-4-9(7-14)11(6-10)16(18)19/h4-6,8,12,15H,1-3H3. The number of nitro benzene ring substituents is 1. The van der Waals surface area contributed by atoms with E-state index in [0.29, 0.717) is 5.69 Å². The predicted molar refractivity (Wildman–Crippen MR) is 72.1 cm³/mol. The van der Waals surface area contributed by atoms with Gasteiger partial charge in [-0.3, -0.25) is 10.1 Å². The van der Waals surface area contributed by atoms with Crippen molar-refractivity contribution >= 4 is 17.3 Å². The highest BCUT2D eigenvalue weighted by Gasteiger charge is 2.24. The van der Waals surface area contributed by atoms with Gasteiger partial charge in [0.1, 0.15) is 17.7 Å². The van der Waals surface area contributed by atoms with Crippen LogP contribution in [0.4, 0.5) is 11.4 Å². The fraction of sp³-hybridized carbons (Fsp3) is 0.385. The minimum Gasteiger partial charge on any atom is -0.467 e. The molecule has 1 rings (SSSR count). The van der Waals surface area contributed by atoms with E-state index in [2.05, 4.69) is 10.1 Å². The smallest absolute Gasteiger partial charge is 0.328 e. The van der Waals surface area contributed by atoms with E-state index >= 15 is 0 Å². The number of nitrogens with zero attached hydrogens (tertiary/aromatic N) is 2. The molecule has 0 saturated heterocycles. The number of carbonyl (C=O) groups is 1. The molecule has 1 N–H and O–H groups in total. The number of carbonyl (C=O) groups excluding carboxylic acids is 1. The number of benzene rings is 1. The summed E-state index contributed by atoms with van der Waals surface area (Å²) in [6.07, 6.45) is 0. The molecule has 0 radical (unpaired) electrons. The SMILES string of the molecule is COC(=O)C(Nc1ccc(C#N)c([N+](=O)[O-])c1)C(C)C. The molecular weight excluding hydrogens is 262 g/mol. The largest absolute Gasteiger partial charge is 0.467 e. The van der Waals surface area contributed by atoms with E-state index in [-0.39, 0.29) is 17.2 Å². The van der Waals surface area contributed by atoms with E-state index in [1.807, 2.05) is 13.8 Å². The average Bonchev–Trinajstić information content (AvgIpc) is 2.43. The van der Waals surface area contributed by atoms with Crippen molar-refractivity contribution in [1.29, 1.82) is 5.26 Å². The van der Waals surface area contributed by atoms with Crippen molar-refractivity contribution in [2.24, 2.45) is 5.92 Å². The normalized spacial score (nSPS) is 11.6. The zero-order valence-corrected chi connectivity index (χ0v) is 11.4. The molecule has 0 aliphatic rings. The van der Waals surface area contributed by atoms with Crippen LogP contribution >= 0.6 is 0 Å². The molecule has 0 spiro atoms. The van der Waals surface area contributed by atoms with Gasteiger partial charge < -0.3 is 10.1 Å². The van der Waals surface area contributed by atoms with Crippen molar-refractivity contribution in [1.82, 2.24) is 0 Å². The number of anilines is 1. The molecule has 20 heavy (non-hydrogen) atoms. The summed E-state index contributed by atoms with van der Waals surface area (Å²) in [5.41, 5.74) is 0.0596. The van der Waals surface area contributed by atoms with Crippen LogP contribution in [0.5, 0.6) is 0 Å². The number of esters is 1. The molecule has 106 valence electrons. The van der Waals surface area contributed by atoms with Gasteiger partial charge >= 0.3 is 5.97 Å². The van der Waals surface area contributed by atoms with E-state index in [4.69, 9.17) is 5.26 Å². The molecule has 0 fully saturated rings. The molecule has 0 aliphatic heterocycles. The van der Waals surface area contributed by atoms with E-state index in [1.165, 1.54) is 25.3 Å². The van der Waals surface area contributed by atoms with Crippen LogP contribution < -0.4 is 5.32 Å². The number of nitro groups is 1. The van der Waals surface area contributed by atoms with Crippen molar-refractivity contribution in [3.05, 3.63) is 33.9 Å². The van der Waals surface area contributed by atoms with Gasteiger partial charge in [-0.05, 0) is 18.1 Å².